The lowest BCUT2D eigenvalue weighted by atomic mass is 9.95. The molecule has 0 radical (unpaired) electrons. The van der Waals surface area contributed by atoms with E-state index in [0.29, 0.717) is 25.2 Å². The predicted octanol–water partition coefficient (Wildman–Crippen LogP) is 2.27. The number of carbonyl (C=O) groups is 2. The number of benzene rings is 1. The maximum atomic E-state index is 12.6. The highest BCUT2D eigenvalue weighted by molar-refractivity contribution is 5.94. The van der Waals surface area contributed by atoms with Crippen LogP contribution in [0.4, 0.5) is 0 Å². The molecule has 6 nitrogen and oxygen atoms in total. The normalized spacial score (nSPS) is 14.6. The van der Waals surface area contributed by atoms with Gasteiger partial charge in [-0.05, 0) is 56.6 Å². The van der Waals surface area contributed by atoms with Gasteiger partial charge < -0.3 is 20.9 Å². The molecule has 0 atom stereocenters. The summed E-state index contributed by atoms with van der Waals surface area (Å²) < 4.78 is 0. The highest BCUT2D eigenvalue weighted by Gasteiger charge is 2.27. The number of nitrogens with zero attached hydrogens (tertiary/aromatic N) is 2. The minimum absolute atomic E-state index is 0. The van der Waals surface area contributed by atoms with Gasteiger partial charge >= 0.3 is 0 Å². The first-order chi connectivity index (χ1) is 13.1. The number of piperidine rings is 1. The van der Waals surface area contributed by atoms with E-state index in [-0.39, 0.29) is 30.1 Å². The van der Waals surface area contributed by atoms with E-state index >= 15 is 0 Å². The van der Waals surface area contributed by atoms with Crippen LogP contribution in [0.5, 0.6) is 0 Å². The van der Waals surface area contributed by atoms with Crippen molar-refractivity contribution in [3.8, 4) is 0 Å². The van der Waals surface area contributed by atoms with E-state index in [1.165, 1.54) is 0 Å². The van der Waals surface area contributed by atoms with Crippen LogP contribution < -0.4 is 11.1 Å². The summed E-state index contributed by atoms with van der Waals surface area (Å²) in [5, 5.41) is 3.06. The highest BCUT2D eigenvalue weighted by Crippen LogP contribution is 2.19. The lowest BCUT2D eigenvalue weighted by molar-refractivity contribution is -0.126. The van der Waals surface area contributed by atoms with Crippen LogP contribution in [0.2, 0.25) is 0 Å². The van der Waals surface area contributed by atoms with E-state index in [2.05, 4.69) is 24.1 Å². The molecule has 0 saturated carbocycles. The largest absolute Gasteiger partial charge is 0.356 e. The van der Waals surface area contributed by atoms with Crippen molar-refractivity contribution in [1.82, 2.24) is 15.1 Å². The van der Waals surface area contributed by atoms with Crippen LogP contribution >= 0.6 is 12.4 Å². The first-order valence-corrected chi connectivity index (χ1v) is 10.2. The number of hydrogen-bond donors (Lipinski definition) is 2. The smallest absolute Gasteiger partial charge is 0.253 e. The molecule has 0 bridgehead atoms. The van der Waals surface area contributed by atoms with Crippen LogP contribution in [-0.4, -0.2) is 60.9 Å². The predicted molar refractivity (Wildman–Crippen MR) is 116 cm³/mol. The number of hydrogen-bond acceptors (Lipinski definition) is 4. The van der Waals surface area contributed by atoms with Crippen LogP contribution in [0.15, 0.2) is 24.3 Å². The standard InChI is InChI=1S/C21H34N4O2.ClH/c1-3-24(4-2)13-5-12-23-20(26)18-10-14-25(15-11-18)21(27)19-8-6-17(16-22)7-9-19;/h6-9,18H,3-5,10-16,22H2,1-2H3,(H,23,26);1H. The van der Waals surface area contributed by atoms with Crippen LogP contribution in [0.1, 0.15) is 49.0 Å². The third-order valence-electron chi connectivity index (χ3n) is 5.43. The number of nitrogens with one attached hydrogen (secondary N) is 1. The Balaban J connectivity index is 0.00000392. The number of rotatable bonds is 9. The molecule has 2 rings (SSSR count). The molecule has 7 heteroatoms. The lowest BCUT2D eigenvalue weighted by Gasteiger charge is -2.31. The molecule has 2 amide bonds. The molecule has 0 unspecified atom stereocenters. The second kappa shape index (κ2) is 12.8. The molecular formula is C21H35ClN4O2. The molecule has 1 saturated heterocycles. The summed E-state index contributed by atoms with van der Waals surface area (Å²) in [4.78, 5) is 29.2. The molecule has 0 spiro atoms. The van der Waals surface area contributed by atoms with Crippen LogP contribution in [0.25, 0.3) is 0 Å². The maximum Gasteiger partial charge on any atom is 0.253 e. The topological polar surface area (TPSA) is 78.7 Å². The van der Waals surface area contributed by atoms with Crippen molar-refractivity contribution < 1.29 is 9.59 Å². The molecule has 28 heavy (non-hydrogen) atoms. The van der Waals surface area contributed by atoms with Crippen LogP contribution in [-0.2, 0) is 11.3 Å². The molecular weight excluding hydrogens is 376 g/mol. The quantitative estimate of drug-likeness (QED) is 0.612. The zero-order chi connectivity index (χ0) is 19.6. The van der Waals surface area contributed by atoms with Gasteiger partial charge in [0.15, 0.2) is 0 Å². The Labute approximate surface area is 175 Å². The minimum atomic E-state index is 0. The van der Waals surface area contributed by atoms with E-state index < -0.39 is 0 Å². The van der Waals surface area contributed by atoms with Gasteiger partial charge in [0.1, 0.15) is 0 Å². The second-order valence-corrected chi connectivity index (χ2v) is 7.14. The monoisotopic (exact) mass is 410 g/mol. The van der Waals surface area contributed by atoms with Crippen LogP contribution in [0, 0.1) is 5.92 Å². The fourth-order valence-corrected chi connectivity index (χ4v) is 3.51. The Hall–Kier alpha value is -1.63. The third kappa shape index (κ3) is 7.08. The number of nitrogens with two attached hydrogens (primary N) is 1. The maximum absolute atomic E-state index is 12.6. The molecule has 1 aromatic rings. The minimum Gasteiger partial charge on any atom is -0.356 e. The SMILES string of the molecule is CCN(CC)CCCNC(=O)C1CCN(C(=O)c2ccc(CN)cc2)CC1.Cl. The van der Waals surface area contributed by atoms with E-state index in [1.807, 2.05) is 29.2 Å². The fourth-order valence-electron chi connectivity index (χ4n) is 3.51. The van der Waals surface area contributed by atoms with Gasteiger partial charge in [0.2, 0.25) is 5.91 Å². The molecule has 1 heterocycles. The van der Waals surface area contributed by atoms with Gasteiger partial charge in [0.05, 0.1) is 0 Å². The van der Waals surface area contributed by atoms with Crippen molar-refractivity contribution in [1.29, 1.82) is 0 Å². The summed E-state index contributed by atoms with van der Waals surface area (Å²) in [5.41, 5.74) is 7.30. The van der Waals surface area contributed by atoms with Gasteiger partial charge in [-0.3, -0.25) is 9.59 Å². The fraction of sp³-hybridized carbons (Fsp3) is 0.619. The molecule has 1 aliphatic rings. The zero-order valence-corrected chi connectivity index (χ0v) is 18.0. The molecule has 0 aliphatic carbocycles. The van der Waals surface area contributed by atoms with Crippen molar-refractivity contribution in [3.05, 3.63) is 35.4 Å². The van der Waals surface area contributed by atoms with Gasteiger partial charge in [-0.15, -0.1) is 12.4 Å². The van der Waals surface area contributed by atoms with E-state index in [1.54, 1.807) is 0 Å². The van der Waals surface area contributed by atoms with E-state index in [9.17, 15) is 9.59 Å². The van der Waals surface area contributed by atoms with E-state index in [0.717, 1.165) is 51.0 Å². The van der Waals surface area contributed by atoms with Gasteiger partial charge in [-0.1, -0.05) is 26.0 Å². The lowest BCUT2D eigenvalue weighted by Crippen LogP contribution is -2.43. The summed E-state index contributed by atoms with van der Waals surface area (Å²) in [6.45, 7) is 9.89. The molecule has 158 valence electrons. The van der Waals surface area contributed by atoms with Crippen molar-refractivity contribution >= 4 is 24.2 Å². The molecule has 1 aliphatic heterocycles. The van der Waals surface area contributed by atoms with Crippen LogP contribution in [0.3, 0.4) is 0 Å². The number of amides is 2. The molecule has 1 aromatic carbocycles. The van der Waals surface area contributed by atoms with Crippen molar-refractivity contribution in [2.75, 3.05) is 39.3 Å². The first-order valence-electron chi connectivity index (χ1n) is 10.2. The van der Waals surface area contributed by atoms with Gasteiger partial charge in [0, 0.05) is 37.7 Å². The summed E-state index contributed by atoms with van der Waals surface area (Å²) in [6.07, 6.45) is 2.44. The molecule has 1 fully saturated rings. The Bertz CT molecular complexity index is 597. The van der Waals surface area contributed by atoms with Gasteiger partial charge in [0.25, 0.3) is 5.91 Å². The highest BCUT2D eigenvalue weighted by atomic mass is 35.5. The Morgan fingerprint density at radius 2 is 1.75 bits per heavy atom. The molecule has 3 N–H and O–H groups in total. The third-order valence-corrected chi connectivity index (χ3v) is 5.43. The Morgan fingerprint density at radius 1 is 1.14 bits per heavy atom. The number of likely N-dealkylation sites (tertiary alicyclic amines) is 1. The first kappa shape index (κ1) is 24.4. The summed E-state index contributed by atoms with van der Waals surface area (Å²) in [6, 6.07) is 7.45. The summed E-state index contributed by atoms with van der Waals surface area (Å²) in [5.74, 6) is 0.188. The Morgan fingerprint density at radius 3 is 2.29 bits per heavy atom. The van der Waals surface area contributed by atoms with Crippen molar-refractivity contribution in [2.24, 2.45) is 11.7 Å². The summed E-state index contributed by atoms with van der Waals surface area (Å²) >= 11 is 0. The molecule has 0 aromatic heterocycles. The van der Waals surface area contributed by atoms with E-state index in [4.69, 9.17) is 5.73 Å². The van der Waals surface area contributed by atoms with Crippen molar-refractivity contribution in [2.45, 2.75) is 39.7 Å². The Kier molecular flexibility index (Phi) is 11.1. The zero-order valence-electron chi connectivity index (χ0n) is 17.2. The second-order valence-electron chi connectivity index (χ2n) is 7.14. The summed E-state index contributed by atoms with van der Waals surface area (Å²) in [7, 11) is 0. The number of carbonyl (C=O) groups excluding carboxylic acids is 2. The number of halogens is 1. The average Bonchev–Trinajstić information content (AvgIpc) is 2.73. The van der Waals surface area contributed by atoms with Crippen molar-refractivity contribution in [3.63, 3.8) is 0 Å². The van der Waals surface area contributed by atoms with Gasteiger partial charge in [-0.2, -0.15) is 0 Å². The average molecular weight is 411 g/mol. The van der Waals surface area contributed by atoms with Gasteiger partial charge in [-0.25, -0.2) is 0 Å².